The molecule has 10 heteroatoms. The van der Waals surface area contributed by atoms with Crippen LogP contribution in [0.2, 0.25) is 5.02 Å². The molecule has 34 heavy (non-hydrogen) atoms. The van der Waals surface area contributed by atoms with Crippen LogP contribution in [-0.4, -0.2) is 32.3 Å². The fourth-order valence-corrected chi connectivity index (χ4v) is 3.55. The summed E-state index contributed by atoms with van der Waals surface area (Å²) in [6.07, 6.45) is 3.91. The summed E-state index contributed by atoms with van der Waals surface area (Å²) in [5, 5.41) is 23.7. The minimum absolute atomic E-state index is 0.196. The first-order chi connectivity index (χ1) is 16.4. The molecule has 2 heterocycles. The summed E-state index contributed by atoms with van der Waals surface area (Å²) >= 11 is 6.44. The van der Waals surface area contributed by atoms with Gasteiger partial charge in [0.1, 0.15) is 23.3 Å². The summed E-state index contributed by atoms with van der Waals surface area (Å²) in [6, 6.07) is 16.1. The van der Waals surface area contributed by atoms with Crippen LogP contribution in [0.3, 0.4) is 0 Å². The minimum Gasteiger partial charge on any atom is -0.465 e. The van der Waals surface area contributed by atoms with Crippen molar-refractivity contribution in [2.45, 2.75) is 0 Å². The van der Waals surface area contributed by atoms with E-state index < -0.39 is 6.09 Å². The van der Waals surface area contributed by atoms with E-state index in [1.54, 1.807) is 42.5 Å². The summed E-state index contributed by atoms with van der Waals surface area (Å²) in [5.41, 5.74) is 3.54. The van der Waals surface area contributed by atoms with Gasteiger partial charge < -0.3 is 25.0 Å². The molecule has 3 N–H and O–H groups in total. The highest BCUT2D eigenvalue weighted by Crippen LogP contribution is 2.33. The predicted octanol–water partition coefficient (Wildman–Crippen LogP) is 5.31. The number of nitriles is 1. The molecule has 0 aliphatic heterocycles. The van der Waals surface area contributed by atoms with Gasteiger partial charge in [-0.25, -0.2) is 14.8 Å². The first-order valence-corrected chi connectivity index (χ1v) is 10.5. The topological polar surface area (TPSA) is 125 Å². The maximum absolute atomic E-state index is 10.6. The van der Waals surface area contributed by atoms with Crippen molar-refractivity contribution < 1.29 is 14.6 Å². The Kier molecular flexibility index (Phi) is 6.62. The average molecular weight is 475 g/mol. The number of ether oxygens (including phenoxy) is 1. The average Bonchev–Trinajstić information content (AvgIpc) is 3.15. The monoisotopic (exact) mass is 474 g/mol. The zero-order valence-corrected chi connectivity index (χ0v) is 18.7. The molecule has 0 spiro atoms. The van der Waals surface area contributed by atoms with E-state index in [4.69, 9.17) is 26.7 Å². The van der Waals surface area contributed by atoms with E-state index in [2.05, 4.69) is 26.7 Å². The first kappa shape index (κ1) is 22.6. The SMILES string of the molecule is Cn1c(/C=C/CNC(=O)O)cc2ncnc(Nc3ccc(Oc4cccc(C#N)c4)c(Cl)c3)c21. The number of anilines is 2. The Labute approximate surface area is 199 Å². The van der Waals surface area contributed by atoms with E-state index in [0.29, 0.717) is 33.6 Å². The quantitative estimate of drug-likeness (QED) is 0.331. The van der Waals surface area contributed by atoms with Crippen LogP contribution in [0.5, 0.6) is 11.5 Å². The number of hydrogen-bond acceptors (Lipinski definition) is 6. The molecule has 4 aromatic rings. The predicted molar refractivity (Wildman–Crippen MR) is 130 cm³/mol. The van der Waals surface area contributed by atoms with Crippen LogP contribution in [0.25, 0.3) is 17.1 Å². The van der Waals surface area contributed by atoms with Crippen molar-refractivity contribution in [1.29, 1.82) is 5.26 Å². The number of nitrogens with one attached hydrogen (secondary N) is 2. The first-order valence-electron chi connectivity index (χ1n) is 10.1. The normalized spacial score (nSPS) is 10.9. The highest BCUT2D eigenvalue weighted by molar-refractivity contribution is 6.32. The molecule has 2 aromatic heterocycles. The Morgan fingerprint density at radius 1 is 1.26 bits per heavy atom. The third-order valence-corrected chi connectivity index (χ3v) is 5.20. The second kappa shape index (κ2) is 9.94. The van der Waals surface area contributed by atoms with Crippen molar-refractivity contribution in [3.05, 3.63) is 77.2 Å². The molecule has 0 atom stereocenters. The number of amides is 1. The molecule has 0 unspecified atom stereocenters. The Bertz CT molecular complexity index is 1440. The van der Waals surface area contributed by atoms with Gasteiger partial charge >= 0.3 is 6.09 Å². The number of rotatable bonds is 7. The molecule has 4 rings (SSSR count). The number of halogens is 1. The van der Waals surface area contributed by atoms with Crippen LogP contribution in [0.15, 0.2) is 60.9 Å². The Hall–Kier alpha value is -4.55. The summed E-state index contributed by atoms with van der Waals surface area (Å²) in [4.78, 5) is 19.3. The van der Waals surface area contributed by atoms with Crippen molar-refractivity contribution in [2.24, 2.45) is 7.05 Å². The summed E-state index contributed by atoms with van der Waals surface area (Å²) < 4.78 is 7.73. The largest absolute Gasteiger partial charge is 0.465 e. The van der Waals surface area contributed by atoms with Gasteiger partial charge in [0, 0.05) is 25.0 Å². The van der Waals surface area contributed by atoms with Crippen LogP contribution < -0.4 is 15.4 Å². The summed E-state index contributed by atoms with van der Waals surface area (Å²) in [7, 11) is 1.88. The van der Waals surface area contributed by atoms with Crippen LogP contribution in [0.4, 0.5) is 16.3 Å². The van der Waals surface area contributed by atoms with E-state index in [1.165, 1.54) is 6.33 Å². The lowest BCUT2D eigenvalue weighted by Crippen LogP contribution is -2.20. The third kappa shape index (κ3) is 5.09. The standard InChI is InChI=1S/C24H19ClN6O3/c1-31-17(5-3-9-27-24(32)33)12-20-22(31)23(29-14-28-20)30-16-7-8-21(19(25)11-16)34-18-6-2-4-15(10-18)13-26/h2-8,10-12,14,27H,9H2,1H3,(H,32,33)(H,28,29,30)/b5-3+. The number of aryl methyl sites for hydroxylation is 1. The van der Waals surface area contributed by atoms with Crippen LogP contribution in [0, 0.1) is 11.3 Å². The van der Waals surface area contributed by atoms with E-state index in [9.17, 15) is 4.79 Å². The van der Waals surface area contributed by atoms with Crippen molar-refractivity contribution in [1.82, 2.24) is 19.9 Å². The molecule has 0 bridgehead atoms. The molecule has 0 aliphatic carbocycles. The Balaban J connectivity index is 1.55. The summed E-state index contributed by atoms with van der Waals surface area (Å²) in [5.74, 6) is 1.56. The van der Waals surface area contributed by atoms with Crippen molar-refractivity contribution in [3.63, 3.8) is 0 Å². The highest BCUT2D eigenvalue weighted by Gasteiger charge is 2.12. The fraction of sp³-hybridized carbons (Fsp3) is 0.0833. The van der Waals surface area contributed by atoms with Gasteiger partial charge in [-0.1, -0.05) is 23.7 Å². The van der Waals surface area contributed by atoms with Gasteiger partial charge in [0.05, 0.1) is 22.2 Å². The maximum Gasteiger partial charge on any atom is 0.404 e. The number of benzene rings is 2. The molecule has 0 fully saturated rings. The zero-order chi connectivity index (χ0) is 24.1. The molecule has 9 nitrogen and oxygen atoms in total. The van der Waals surface area contributed by atoms with Gasteiger partial charge in [-0.15, -0.1) is 0 Å². The zero-order valence-electron chi connectivity index (χ0n) is 18.0. The maximum atomic E-state index is 10.6. The number of carboxylic acid groups (broad SMARTS) is 1. The van der Waals surface area contributed by atoms with E-state index >= 15 is 0 Å². The fourth-order valence-electron chi connectivity index (χ4n) is 3.33. The molecular weight excluding hydrogens is 456 g/mol. The smallest absolute Gasteiger partial charge is 0.404 e. The van der Waals surface area contributed by atoms with Gasteiger partial charge in [0.15, 0.2) is 5.82 Å². The lowest BCUT2D eigenvalue weighted by molar-refractivity contribution is 0.195. The van der Waals surface area contributed by atoms with Crippen LogP contribution >= 0.6 is 11.6 Å². The number of aromatic nitrogens is 3. The second-order valence-corrected chi connectivity index (χ2v) is 7.59. The summed E-state index contributed by atoms with van der Waals surface area (Å²) in [6.45, 7) is 0.196. The second-order valence-electron chi connectivity index (χ2n) is 7.18. The van der Waals surface area contributed by atoms with Gasteiger partial charge in [-0.2, -0.15) is 5.26 Å². The Morgan fingerprint density at radius 2 is 2.12 bits per heavy atom. The minimum atomic E-state index is -1.08. The van der Waals surface area contributed by atoms with Crippen LogP contribution in [-0.2, 0) is 7.05 Å². The molecule has 170 valence electrons. The van der Waals surface area contributed by atoms with E-state index in [1.807, 2.05) is 29.8 Å². The number of hydrogen-bond donors (Lipinski definition) is 3. The molecule has 0 radical (unpaired) electrons. The van der Waals surface area contributed by atoms with E-state index in [-0.39, 0.29) is 6.54 Å². The Morgan fingerprint density at radius 3 is 2.88 bits per heavy atom. The number of nitrogens with zero attached hydrogens (tertiary/aromatic N) is 4. The van der Waals surface area contributed by atoms with Gasteiger partial charge in [0.2, 0.25) is 0 Å². The van der Waals surface area contributed by atoms with Crippen molar-refractivity contribution in [2.75, 3.05) is 11.9 Å². The lowest BCUT2D eigenvalue weighted by atomic mass is 10.2. The molecule has 0 saturated carbocycles. The third-order valence-electron chi connectivity index (χ3n) is 4.90. The molecule has 2 aromatic carbocycles. The number of fused-ring (bicyclic) bond motifs is 1. The van der Waals surface area contributed by atoms with Crippen molar-refractivity contribution in [3.8, 4) is 17.6 Å². The van der Waals surface area contributed by atoms with Gasteiger partial charge in [-0.05, 0) is 48.5 Å². The molecule has 0 aliphatic rings. The highest BCUT2D eigenvalue weighted by atomic mass is 35.5. The number of carbonyl (C=O) groups is 1. The van der Waals surface area contributed by atoms with Crippen molar-refractivity contribution >= 4 is 46.3 Å². The molecule has 1 amide bonds. The lowest BCUT2D eigenvalue weighted by Gasteiger charge is -2.12. The van der Waals surface area contributed by atoms with Crippen LogP contribution in [0.1, 0.15) is 11.3 Å². The van der Waals surface area contributed by atoms with Gasteiger partial charge in [-0.3, -0.25) is 0 Å². The molecule has 0 saturated heterocycles. The molecular formula is C24H19ClN6O3. The van der Waals surface area contributed by atoms with E-state index in [0.717, 1.165) is 16.7 Å². The van der Waals surface area contributed by atoms with Gasteiger partial charge in [0.25, 0.3) is 0 Å².